The molecule has 0 radical (unpaired) electrons. The average Bonchev–Trinajstić information content (AvgIpc) is 2.45. The molecular formula is C12H14Cl2N4O2. The molecule has 6 nitrogen and oxygen atoms in total. The molecule has 0 aliphatic rings. The van der Waals surface area contributed by atoms with Gasteiger partial charge in [-0.2, -0.15) is 0 Å². The molecule has 0 saturated carbocycles. The van der Waals surface area contributed by atoms with Crippen LogP contribution >= 0.6 is 23.2 Å². The Bertz CT molecular complexity index is 546. The Morgan fingerprint density at radius 1 is 1.55 bits per heavy atom. The van der Waals surface area contributed by atoms with Crippen molar-refractivity contribution < 1.29 is 9.53 Å². The Hall–Kier alpha value is -1.46. The van der Waals surface area contributed by atoms with Gasteiger partial charge in [0.1, 0.15) is 5.54 Å². The number of ether oxygens (including phenoxy) is 1. The highest BCUT2D eigenvalue weighted by molar-refractivity contribution is 6.42. The van der Waals surface area contributed by atoms with E-state index in [4.69, 9.17) is 33.5 Å². The summed E-state index contributed by atoms with van der Waals surface area (Å²) in [6.07, 6.45) is 0. The minimum Gasteiger partial charge on any atom is -0.467 e. The van der Waals surface area contributed by atoms with E-state index in [1.165, 1.54) is 7.11 Å². The molecule has 0 aliphatic heterocycles. The molecule has 0 fully saturated rings. The fraction of sp³-hybridized carbons (Fsp3) is 0.417. The summed E-state index contributed by atoms with van der Waals surface area (Å²) >= 11 is 12.1. The minimum absolute atomic E-state index is 0.196. The van der Waals surface area contributed by atoms with Crippen LogP contribution in [0.15, 0.2) is 23.3 Å². The molecule has 0 saturated heterocycles. The number of methoxy groups -OCH3 is 1. The van der Waals surface area contributed by atoms with Gasteiger partial charge in [-0.15, -0.1) is 0 Å². The quantitative estimate of drug-likeness (QED) is 0.287. The predicted octanol–water partition coefficient (Wildman–Crippen LogP) is 3.28. The molecule has 1 atom stereocenters. The number of azide groups is 1. The molecule has 0 aliphatic carbocycles. The van der Waals surface area contributed by atoms with Gasteiger partial charge >= 0.3 is 5.97 Å². The van der Waals surface area contributed by atoms with Gasteiger partial charge in [-0.3, -0.25) is 5.32 Å². The van der Waals surface area contributed by atoms with E-state index in [0.29, 0.717) is 17.1 Å². The Morgan fingerprint density at radius 2 is 2.25 bits per heavy atom. The van der Waals surface area contributed by atoms with Crippen LogP contribution in [-0.2, 0) is 15.1 Å². The number of benzene rings is 1. The van der Waals surface area contributed by atoms with Gasteiger partial charge in [0.05, 0.1) is 17.2 Å². The fourth-order valence-corrected chi connectivity index (χ4v) is 2.26. The Morgan fingerprint density at radius 3 is 2.85 bits per heavy atom. The largest absolute Gasteiger partial charge is 0.467 e. The molecule has 1 N–H and O–H groups in total. The van der Waals surface area contributed by atoms with Crippen LogP contribution in [-0.4, -0.2) is 26.2 Å². The summed E-state index contributed by atoms with van der Waals surface area (Å²) in [6.45, 7) is 2.12. The van der Waals surface area contributed by atoms with Gasteiger partial charge in [0, 0.05) is 23.6 Å². The van der Waals surface area contributed by atoms with Crippen LogP contribution in [0, 0.1) is 0 Å². The molecule has 0 amide bonds. The predicted molar refractivity (Wildman–Crippen MR) is 77.8 cm³/mol. The highest BCUT2D eigenvalue weighted by atomic mass is 35.5. The lowest BCUT2D eigenvalue weighted by atomic mass is 9.92. The third-order valence-corrected chi connectivity index (χ3v) is 3.66. The lowest BCUT2D eigenvalue weighted by molar-refractivity contribution is -0.148. The average molecular weight is 317 g/mol. The van der Waals surface area contributed by atoms with E-state index in [1.807, 2.05) is 0 Å². The van der Waals surface area contributed by atoms with Crippen LogP contribution in [0.4, 0.5) is 0 Å². The number of nitrogens with zero attached hydrogens (tertiary/aromatic N) is 3. The summed E-state index contributed by atoms with van der Waals surface area (Å²) in [5, 5.41) is 7.00. The first-order chi connectivity index (χ1) is 9.47. The zero-order chi connectivity index (χ0) is 15.2. The molecule has 0 aromatic heterocycles. The maximum atomic E-state index is 12.1. The normalized spacial score (nSPS) is 13.2. The molecular weight excluding hydrogens is 303 g/mol. The minimum atomic E-state index is -1.18. The molecule has 1 aromatic rings. The Balaban J connectivity index is 3.13. The number of nitrogens with one attached hydrogen (secondary N) is 1. The van der Waals surface area contributed by atoms with Crippen LogP contribution in [0.5, 0.6) is 0 Å². The monoisotopic (exact) mass is 316 g/mol. The third-order valence-electron chi connectivity index (χ3n) is 2.84. The van der Waals surface area contributed by atoms with Crippen molar-refractivity contribution >= 4 is 29.2 Å². The molecule has 0 spiro atoms. The third kappa shape index (κ3) is 3.55. The van der Waals surface area contributed by atoms with Crippen molar-refractivity contribution in [3.63, 3.8) is 0 Å². The lowest BCUT2D eigenvalue weighted by Gasteiger charge is -2.29. The zero-order valence-electron chi connectivity index (χ0n) is 11.1. The maximum absolute atomic E-state index is 12.1. The molecule has 1 unspecified atom stereocenters. The topological polar surface area (TPSA) is 87.1 Å². The van der Waals surface area contributed by atoms with Crippen molar-refractivity contribution in [3.05, 3.63) is 44.3 Å². The summed E-state index contributed by atoms with van der Waals surface area (Å²) in [6, 6.07) is 5.01. The standard InChI is InChI=1S/C12H14Cl2N4O2/c1-12(11(19)20-2,16-6-7-17-18-15)8-4-3-5-9(13)10(8)14/h3-5,16H,6-7H2,1-2H3. The molecule has 1 rings (SSSR count). The van der Waals surface area contributed by atoms with Gasteiger partial charge in [-0.25, -0.2) is 4.79 Å². The van der Waals surface area contributed by atoms with E-state index in [0.717, 1.165) is 0 Å². The number of rotatable bonds is 6. The summed E-state index contributed by atoms with van der Waals surface area (Å²) in [7, 11) is 1.29. The van der Waals surface area contributed by atoms with E-state index in [1.54, 1.807) is 25.1 Å². The molecule has 0 heterocycles. The van der Waals surface area contributed by atoms with Gasteiger partial charge < -0.3 is 4.74 Å². The van der Waals surface area contributed by atoms with Crippen LogP contribution < -0.4 is 5.32 Å². The van der Waals surface area contributed by atoms with Crippen molar-refractivity contribution in [2.45, 2.75) is 12.5 Å². The number of esters is 1. The number of carbonyl (C=O) groups is 1. The van der Waals surface area contributed by atoms with E-state index >= 15 is 0 Å². The second-order valence-electron chi connectivity index (χ2n) is 4.10. The van der Waals surface area contributed by atoms with Gasteiger partial charge in [0.2, 0.25) is 0 Å². The lowest BCUT2D eigenvalue weighted by Crippen LogP contribution is -2.48. The van der Waals surface area contributed by atoms with Crippen LogP contribution in [0.25, 0.3) is 10.4 Å². The van der Waals surface area contributed by atoms with Crippen molar-refractivity contribution in [2.75, 3.05) is 20.2 Å². The molecule has 1 aromatic carbocycles. The Kier molecular flexibility index (Phi) is 6.10. The summed E-state index contributed by atoms with van der Waals surface area (Å²) in [4.78, 5) is 14.7. The van der Waals surface area contributed by atoms with Crippen LogP contribution in [0.3, 0.4) is 0 Å². The molecule has 0 bridgehead atoms. The summed E-state index contributed by atoms with van der Waals surface area (Å²) < 4.78 is 4.82. The Labute approximate surface area is 126 Å². The fourth-order valence-electron chi connectivity index (χ4n) is 1.77. The second-order valence-corrected chi connectivity index (χ2v) is 4.88. The van der Waals surface area contributed by atoms with E-state index in [-0.39, 0.29) is 11.6 Å². The van der Waals surface area contributed by atoms with Crippen molar-refractivity contribution in [3.8, 4) is 0 Å². The van der Waals surface area contributed by atoms with E-state index in [9.17, 15) is 4.79 Å². The zero-order valence-corrected chi connectivity index (χ0v) is 12.6. The van der Waals surface area contributed by atoms with Gasteiger partial charge in [-0.1, -0.05) is 40.4 Å². The van der Waals surface area contributed by atoms with Crippen molar-refractivity contribution in [2.24, 2.45) is 5.11 Å². The van der Waals surface area contributed by atoms with E-state index in [2.05, 4.69) is 15.3 Å². The second kappa shape index (κ2) is 7.36. The highest BCUT2D eigenvalue weighted by Gasteiger charge is 2.37. The molecule has 108 valence electrons. The first kappa shape index (κ1) is 16.6. The number of halogens is 2. The van der Waals surface area contributed by atoms with Crippen molar-refractivity contribution in [1.29, 1.82) is 0 Å². The number of carbonyl (C=O) groups excluding carboxylic acids is 1. The number of hydrogen-bond acceptors (Lipinski definition) is 4. The van der Waals surface area contributed by atoms with Crippen LogP contribution in [0.1, 0.15) is 12.5 Å². The van der Waals surface area contributed by atoms with Gasteiger partial charge in [-0.05, 0) is 18.5 Å². The maximum Gasteiger partial charge on any atom is 0.330 e. The van der Waals surface area contributed by atoms with Crippen LogP contribution in [0.2, 0.25) is 10.0 Å². The first-order valence-corrected chi connectivity index (χ1v) is 6.51. The SMILES string of the molecule is COC(=O)C(C)(NCCN=[N+]=[N-])c1cccc(Cl)c1Cl. The van der Waals surface area contributed by atoms with Crippen molar-refractivity contribution in [1.82, 2.24) is 5.32 Å². The molecule has 20 heavy (non-hydrogen) atoms. The highest BCUT2D eigenvalue weighted by Crippen LogP contribution is 2.33. The summed E-state index contributed by atoms with van der Waals surface area (Å²) in [5.41, 5.74) is 7.57. The summed E-state index contributed by atoms with van der Waals surface area (Å²) in [5.74, 6) is -0.511. The number of hydrogen-bond donors (Lipinski definition) is 1. The molecule has 8 heteroatoms. The van der Waals surface area contributed by atoms with Gasteiger partial charge in [0.25, 0.3) is 0 Å². The van der Waals surface area contributed by atoms with Gasteiger partial charge in [0.15, 0.2) is 0 Å². The smallest absolute Gasteiger partial charge is 0.330 e. The first-order valence-electron chi connectivity index (χ1n) is 5.76. The van der Waals surface area contributed by atoms with E-state index < -0.39 is 11.5 Å².